The molecule has 1 fully saturated rings. The first-order chi connectivity index (χ1) is 11.5. The van der Waals surface area contributed by atoms with Crippen molar-refractivity contribution in [3.05, 3.63) is 48.2 Å². The molecule has 3 rings (SSSR count). The summed E-state index contributed by atoms with van der Waals surface area (Å²) in [7, 11) is 0. The van der Waals surface area contributed by atoms with E-state index in [1.54, 1.807) is 6.92 Å². The van der Waals surface area contributed by atoms with Crippen LogP contribution in [-0.2, 0) is 0 Å². The van der Waals surface area contributed by atoms with Crippen LogP contribution in [0.25, 0.3) is 11.1 Å². The monoisotopic (exact) mass is 395 g/mol. The van der Waals surface area contributed by atoms with Gasteiger partial charge in [0.1, 0.15) is 5.82 Å². The molecule has 0 atom stereocenters. The topological polar surface area (TPSA) is 36.4 Å². The lowest BCUT2D eigenvalue weighted by Gasteiger charge is -2.37. The van der Waals surface area contributed by atoms with E-state index in [0.717, 1.165) is 48.7 Å². The molecule has 4 nitrogen and oxygen atoms in total. The number of benzene rings is 1. The number of piperazine rings is 1. The average molecular weight is 396 g/mol. The molecule has 2 heterocycles. The number of hydrogen-bond donors (Lipinski definition) is 0. The fourth-order valence-corrected chi connectivity index (χ4v) is 3.11. The highest BCUT2D eigenvalue weighted by Gasteiger charge is 2.19. The van der Waals surface area contributed by atoms with Crippen molar-refractivity contribution >= 4 is 36.4 Å². The van der Waals surface area contributed by atoms with Gasteiger partial charge in [0.2, 0.25) is 0 Å². The Morgan fingerprint density at radius 1 is 0.923 bits per heavy atom. The number of anilines is 1. The zero-order valence-electron chi connectivity index (χ0n) is 15.5. The molecule has 1 aliphatic heterocycles. The molecule has 0 aliphatic carbocycles. The zero-order chi connectivity index (χ0) is 17.1. The molecule has 26 heavy (non-hydrogen) atoms. The van der Waals surface area contributed by atoms with Crippen LogP contribution in [0.3, 0.4) is 0 Å². The maximum absolute atomic E-state index is 11.4. The number of Topliss-reactive ketones (excluding diaryl/α,β-unsaturated/α-hetero) is 1. The number of nitrogens with zero attached hydrogens (tertiary/aromatic N) is 3. The maximum atomic E-state index is 11.4. The molecule has 0 unspecified atom stereocenters. The van der Waals surface area contributed by atoms with E-state index in [9.17, 15) is 4.79 Å². The van der Waals surface area contributed by atoms with Gasteiger partial charge in [0.25, 0.3) is 0 Å². The van der Waals surface area contributed by atoms with E-state index in [1.165, 1.54) is 0 Å². The van der Waals surface area contributed by atoms with Gasteiger partial charge in [-0.05, 0) is 38.5 Å². The van der Waals surface area contributed by atoms with Crippen LogP contribution in [0.1, 0.15) is 31.1 Å². The third-order valence-electron chi connectivity index (χ3n) is 4.74. The predicted octanol–water partition coefficient (Wildman–Crippen LogP) is 4.33. The van der Waals surface area contributed by atoms with Crippen LogP contribution >= 0.6 is 24.8 Å². The lowest BCUT2D eigenvalue weighted by atomic mass is 10.0. The molecule has 0 spiro atoms. The van der Waals surface area contributed by atoms with Crippen molar-refractivity contribution < 1.29 is 4.79 Å². The van der Waals surface area contributed by atoms with Gasteiger partial charge in [-0.25, -0.2) is 4.98 Å². The van der Waals surface area contributed by atoms with Gasteiger partial charge in [-0.2, -0.15) is 0 Å². The summed E-state index contributed by atoms with van der Waals surface area (Å²) in [5.41, 5.74) is 2.91. The zero-order valence-corrected chi connectivity index (χ0v) is 17.1. The van der Waals surface area contributed by atoms with Crippen molar-refractivity contribution in [3.63, 3.8) is 0 Å². The van der Waals surface area contributed by atoms with E-state index >= 15 is 0 Å². The van der Waals surface area contributed by atoms with Gasteiger partial charge in [-0.3, -0.25) is 9.69 Å². The second-order valence-electron chi connectivity index (χ2n) is 6.66. The summed E-state index contributed by atoms with van der Waals surface area (Å²) >= 11 is 0. The van der Waals surface area contributed by atoms with Crippen molar-refractivity contribution in [3.8, 4) is 11.1 Å². The second-order valence-corrected chi connectivity index (χ2v) is 6.66. The fraction of sp³-hybridized carbons (Fsp3) is 0.400. The van der Waals surface area contributed by atoms with E-state index in [-0.39, 0.29) is 30.6 Å². The molecule has 142 valence electrons. The van der Waals surface area contributed by atoms with Crippen LogP contribution < -0.4 is 4.90 Å². The Labute approximate surface area is 168 Å². The number of pyridine rings is 1. The standard InChI is InChI=1S/C20H25N3O.2ClH/c1-15(2)22-10-12-23(13-11-22)20-9-8-19(14-21-20)18-6-4-17(5-7-18)16(3)24;;/h4-9,14-15H,10-13H2,1-3H3;2*1H. The third-order valence-corrected chi connectivity index (χ3v) is 4.74. The van der Waals surface area contributed by atoms with Crippen LogP contribution in [0.2, 0.25) is 0 Å². The van der Waals surface area contributed by atoms with Gasteiger partial charge in [0.15, 0.2) is 5.78 Å². The van der Waals surface area contributed by atoms with Crippen LogP contribution in [0, 0.1) is 0 Å². The second kappa shape index (κ2) is 9.91. The Morgan fingerprint density at radius 2 is 1.50 bits per heavy atom. The Hall–Kier alpha value is -1.62. The van der Waals surface area contributed by atoms with E-state index < -0.39 is 0 Å². The van der Waals surface area contributed by atoms with Crippen LogP contribution in [-0.4, -0.2) is 47.9 Å². The van der Waals surface area contributed by atoms with Gasteiger partial charge in [0.05, 0.1) is 0 Å². The van der Waals surface area contributed by atoms with Crippen molar-refractivity contribution in [2.45, 2.75) is 26.8 Å². The molecule has 0 radical (unpaired) electrons. The largest absolute Gasteiger partial charge is 0.354 e. The van der Waals surface area contributed by atoms with Crippen molar-refractivity contribution in [1.82, 2.24) is 9.88 Å². The molecular weight excluding hydrogens is 369 g/mol. The van der Waals surface area contributed by atoms with E-state index in [0.29, 0.717) is 6.04 Å². The molecule has 2 aromatic rings. The molecule has 0 amide bonds. The summed E-state index contributed by atoms with van der Waals surface area (Å²) in [5.74, 6) is 1.14. The minimum absolute atomic E-state index is 0. The Kier molecular flexibility index (Phi) is 8.54. The minimum Gasteiger partial charge on any atom is -0.354 e. The number of rotatable bonds is 4. The Balaban J connectivity index is 0.00000169. The van der Waals surface area contributed by atoms with Gasteiger partial charge in [-0.1, -0.05) is 24.3 Å². The van der Waals surface area contributed by atoms with Crippen molar-refractivity contribution in [1.29, 1.82) is 0 Å². The summed E-state index contributed by atoms with van der Waals surface area (Å²) < 4.78 is 0. The highest BCUT2D eigenvalue weighted by Crippen LogP contribution is 2.22. The van der Waals surface area contributed by atoms with Crippen LogP contribution in [0.15, 0.2) is 42.6 Å². The molecule has 1 aliphatic rings. The third kappa shape index (κ3) is 5.19. The highest BCUT2D eigenvalue weighted by atomic mass is 35.5. The summed E-state index contributed by atoms with van der Waals surface area (Å²) in [4.78, 5) is 20.9. The summed E-state index contributed by atoms with van der Waals surface area (Å²) in [6.07, 6.45) is 1.92. The highest BCUT2D eigenvalue weighted by molar-refractivity contribution is 5.94. The van der Waals surface area contributed by atoms with E-state index in [1.807, 2.05) is 30.5 Å². The molecule has 0 bridgehead atoms. The molecule has 0 saturated carbocycles. The quantitative estimate of drug-likeness (QED) is 0.721. The minimum atomic E-state index is 0. The van der Waals surface area contributed by atoms with Crippen LogP contribution in [0.4, 0.5) is 5.82 Å². The van der Waals surface area contributed by atoms with Gasteiger partial charge >= 0.3 is 0 Å². The number of aromatic nitrogens is 1. The summed E-state index contributed by atoms with van der Waals surface area (Å²) in [6.45, 7) is 10.3. The molecular formula is C20H27Cl2N3O. The summed E-state index contributed by atoms with van der Waals surface area (Å²) in [5, 5.41) is 0. The first-order valence-corrected chi connectivity index (χ1v) is 8.61. The smallest absolute Gasteiger partial charge is 0.159 e. The van der Waals surface area contributed by atoms with E-state index in [2.05, 4.69) is 40.8 Å². The number of halogens is 2. The van der Waals surface area contributed by atoms with Gasteiger partial charge in [-0.15, -0.1) is 24.8 Å². The number of carbonyl (C=O) groups is 1. The van der Waals surface area contributed by atoms with Crippen molar-refractivity contribution in [2.75, 3.05) is 31.1 Å². The molecule has 1 aromatic carbocycles. The van der Waals surface area contributed by atoms with E-state index in [4.69, 9.17) is 0 Å². The first-order valence-electron chi connectivity index (χ1n) is 8.61. The number of carbonyl (C=O) groups excluding carboxylic acids is 1. The SMILES string of the molecule is CC(=O)c1ccc(-c2ccc(N3CCN(C(C)C)CC3)nc2)cc1.Cl.Cl. The lowest BCUT2D eigenvalue weighted by molar-refractivity contribution is 0.101. The fourth-order valence-electron chi connectivity index (χ4n) is 3.11. The number of ketones is 1. The normalized spacial score (nSPS) is 14.5. The predicted molar refractivity (Wildman–Crippen MR) is 113 cm³/mol. The summed E-state index contributed by atoms with van der Waals surface area (Å²) in [6, 6.07) is 12.5. The lowest BCUT2D eigenvalue weighted by Crippen LogP contribution is -2.49. The Bertz CT molecular complexity index is 694. The maximum Gasteiger partial charge on any atom is 0.159 e. The van der Waals surface area contributed by atoms with Crippen molar-refractivity contribution in [2.24, 2.45) is 0 Å². The van der Waals surface area contributed by atoms with Gasteiger partial charge in [0, 0.05) is 49.5 Å². The molecule has 6 heteroatoms. The first kappa shape index (κ1) is 22.4. The van der Waals surface area contributed by atoms with Crippen LogP contribution in [0.5, 0.6) is 0 Å². The molecule has 1 saturated heterocycles. The Morgan fingerprint density at radius 3 is 1.96 bits per heavy atom. The average Bonchev–Trinajstić information content (AvgIpc) is 2.62. The number of hydrogen-bond acceptors (Lipinski definition) is 4. The molecule has 0 N–H and O–H groups in total. The molecule has 1 aromatic heterocycles. The van der Waals surface area contributed by atoms with Gasteiger partial charge < -0.3 is 4.90 Å².